The summed E-state index contributed by atoms with van der Waals surface area (Å²) in [6.45, 7) is 4.72. The van der Waals surface area contributed by atoms with E-state index in [1.165, 1.54) is 5.56 Å². The van der Waals surface area contributed by atoms with Crippen molar-refractivity contribution in [3.05, 3.63) is 30.1 Å². The second-order valence-electron chi connectivity index (χ2n) is 5.14. The summed E-state index contributed by atoms with van der Waals surface area (Å²) in [7, 11) is 4.13. The van der Waals surface area contributed by atoms with Gasteiger partial charge in [0.05, 0.1) is 12.1 Å². The summed E-state index contributed by atoms with van der Waals surface area (Å²) in [4.78, 5) is 12.8. The SMILES string of the molecule is CN(C)CCN1C(N)=NCC1(C)c1ccncc1. The van der Waals surface area contributed by atoms with Gasteiger partial charge in [0.2, 0.25) is 0 Å². The van der Waals surface area contributed by atoms with E-state index >= 15 is 0 Å². The van der Waals surface area contributed by atoms with Gasteiger partial charge in [-0.15, -0.1) is 0 Å². The number of hydrogen-bond donors (Lipinski definition) is 1. The molecule has 2 heterocycles. The summed E-state index contributed by atoms with van der Waals surface area (Å²) >= 11 is 0. The minimum atomic E-state index is -0.150. The van der Waals surface area contributed by atoms with E-state index in [1.54, 1.807) is 0 Å². The average molecular weight is 247 g/mol. The predicted molar refractivity (Wildman–Crippen MR) is 73.3 cm³/mol. The van der Waals surface area contributed by atoms with Gasteiger partial charge in [-0.05, 0) is 38.7 Å². The van der Waals surface area contributed by atoms with Gasteiger partial charge in [0, 0.05) is 25.5 Å². The molecule has 1 aliphatic rings. The van der Waals surface area contributed by atoms with Crippen LogP contribution in [0.3, 0.4) is 0 Å². The van der Waals surface area contributed by atoms with Crippen LogP contribution in [0, 0.1) is 0 Å². The van der Waals surface area contributed by atoms with Gasteiger partial charge in [-0.25, -0.2) is 0 Å². The van der Waals surface area contributed by atoms with Crippen LogP contribution in [0.15, 0.2) is 29.5 Å². The van der Waals surface area contributed by atoms with Crippen molar-refractivity contribution in [2.24, 2.45) is 10.7 Å². The second kappa shape index (κ2) is 4.94. The number of nitrogens with two attached hydrogens (primary N) is 1. The van der Waals surface area contributed by atoms with Gasteiger partial charge < -0.3 is 15.5 Å². The molecule has 0 amide bonds. The first kappa shape index (κ1) is 12.8. The third-order valence-corrected chi connectivity index (χ3v) is 3.49. The molecule has 0 saturated heterocycles. The van der Waals surface area contributed by atoms with E-state index in [2.05, 4.69) is 40.8 Å². The second-order valence-corrected chi connectivity index (χ2v) is 5.14. The highest BCUT2D eigenvalue weighted by Gasteiger charge is 2.39. The van der Waals surface area contributed by atoms with Crippen molar-refractivity contribution in [3.63, 3.8) is 0 Å². The molecule has 2 rings (SSSR count). The molecule has 0 aromatic carbocycles. The molecule has 0 radical (unpaired) electrons. The Morgan fingerprint density at radius 3 is 2.67 bits per heavy atom. The zero-order valence-electron chi connectivity index (χ0n) is 11.3. The minimum Gasteiger partial charge on any atom is -0.370 e. The quantitative estimate of drug-likeness (QED) is 0.841. The third-order valence-electron chi connectivity index (χ3n) is 3.49. The number of hydrogen-bond acceptors (Lipinski definition) is 5. The molecule has 1 unspecified atom stereocenters. The molecule has 0 spiro atoms. The third kappa shape index (κ3) is 2.31. The first-order valence-corrected chi connectivity index (χ1v) is 6.17. The van der Waals surface area contributed by atoms with Crippen LogP contribution in [0.5, 0.6) is 0 Å². The van der Waals surface area contributed by atoms with Crippen LogP contribution in [0.25, 0.3) is 0 Å². The Kier molecular flexibility index (Phi) is 3.52. The molecule has 0 bridgehead atoms. The highest BCUT2D eigenvalue weighted by Crippen LogP contribution is 2.31. The fourth-order valence-electron chi connectivity index (χ4n) is 2.28. The average Bonchev–Trinajstić information content (AvgIpc) is 2.65. The Balaban J connectivity index is 2.21. The van der Waals surface area contributed by atoms with Crippen molar-refractivity contribution in [2.75, 3.05) is 33.7 Å². The predicted octanol–water partition coefficient (Wildman–Crippen LogP) is 0.489. The molecule has 0 fully saturated rings. The van der Waals surface area contributed by atoms with Gasteiger partial charge in [-0.1, -0.05) is 0 Å². The fourth-order valence-corrected chi connectivity index (χ4v) is 2.28. The molecule has 0 saturated carbocycles. The monoisotopic (exact) mass is 247 g/mol. The van der Waals surface area contributed by atoms with Crippen molar-refractivity contribution >= 4 is 5.96 Å². The lowest BCUT2D eigenvalue weighted by atomic mass is 9.92. The molecule has 98 valence electrons. The Labute approximate surface area is 108 Å². The van der Waals surface area contributed by atoms with Crippen molar-refractivity contribution in [3.8, 4) is 0 Å². The highest BCUT2D eigenvalue weighted by molar-refractivity contribution is 5.81. The first-order valence-electron chi connectivity index (χ1n) is 6.17. The topological polar surface area (TPSA) is 57.8 Å². The van der Waals surface area contributed by atoms with Gasteiger partial charge >= 0.3 is 0 Å². The number of pyridine rings is 1. The van der Waals surface area contributed by atoms with Crippen LogP contribution in [0.4, 0.5) is 0 Å². The number of guanidine groups is 1. The maximum Gasteiger partial charge on any atom is 0.192 e. The van der Waals surface area contributed by atoms with Gasteiger partial charge in [0.15, 0.2) is 5.96 Å². The van der Waals surface area contributed by atoms with E-state index in [9.17, 15) is 0 Å². The number of likely N-dealkylation sites (N-methyl/N-ethyl adjacent to an activating group) is 1. The summed E-state index contributed by atoms with van der Waals surface area (Å²) in [6, 6.07) is 4.08. The molecular weight excluding hydrogens is 226 g/mol. The summed E-state index contributed by atoms with van der Waals surface area (Å²) in [6.07, 6.45) is 3.64. The smallest absolute Gasteiger partial charge is 0.192 e. The van der Waals surface area contributed by atoms with E-state index in [-0.39, 0.29) is 5.54 Å². The van der Waals surface area contributed by atoms with E-state index in [0.29, 0.717) is 12.5 Å². The largest absolute Gasteiger partial charge is 0.370 e. The molecule has 0 aliphatic carbocycles. The molecule has 1 aromatic rings. The molecule has 5 heteroatoms. The molecule has 1 aromatic heterocycles. The van der Waals surface area contributed by atoms with Crippen LogP contribution >= 0.6 is 0 Å². The lowest BCUT2D eigenvalue weighted by molar-refractivity contribution is 0.205. The van der Waals surface area contributed by atoms with Crippen molar-refractivity contribution in [1.82, 2.24) is 14.8 Å². The van der Waals surface area contributed by atoms with Crippen LogP contribution < -0.4 is 5.73 Å². The molecule has 1 aliphatic heterocycles. The first-order chi connectivity index (χ1) is 8.54. The highest BCUT2D eigenvalue weighted by atomic mass is 15.4. The Hall–Kier alpha value is -1.62. The van der Waals surface area contributed by atoms with Gasteiger partial charge in [0.1, 0.15) is 0 Å². The maximum atomic E-state index is 6.02. The van der Waals surface area contributed by atoms with E-state index in [0.717, 1.165) is 13.1 Å². The van der Waals surface area contributed by atoms with Crippen LogP contribution in [-0.2, 0) is 5.54 Å². The maximum absolute atomic E-state index is 6.02. The number of rotatable bonds is 4. The summed E-state index contributed by atoms with van der Waals surface area (Å²) in [5.41, 5.74) is 7.08. The van der Waals surface area contributed by atoms with E-state index in [1.807, 2.05) is 24.5 Å². The van der Waals surface area contributed by atoms with Crippen molar-refractivity contribution in [2.45, 2.75) is 12.5 Å². The number of nitrogens with zero attached hydrogens (tertiary/aromatic N) is 4. The van der Waals surface area contributed by atoms with Gasteiger partial charge in [0.25, 0.3) is 0 Å². The Bertz CT molecular complexity index is 428. The molecule has 2 N–H and O–H groups in total. The normalized spacial score (nSPS) is 23.6. The van der Waals surface area contributed by atoms with Gasteiger partial charge in [-0.3, -0.25) is 9.98 Å². The van der Waals surface area contributed by atoms with Crippen molar-refractivity contribution < 1.29 is 0 Å². The summed E-state index contributed by atoms with van der Waals surface area (Å²) in [5, 5.41) is 0. The van der Waals surface area contributed by atoms with E-state index in [4.69, 9.17) is 5.73 Å². The lowest BCUT2D eigenvalue weighted by Crippen LogP contribution is -2.49. The van der Waals surface area contributed by atoms with Crippen LogP contribution in [0.2, 0.25) is 0 Å². The zero-order valence-corrected chi connectivity index (χ0v) is 11.3. The Morgan fingerprint density at radius 2 is 2.06 bits per heavy atom. The summed E-state index contributed by atoms with van der Waals surface area (Å²) in [5.74, 6) is 0.635. The van der Waals surface area contributed by atoms with Crippen LogP contribution in [-0.4, -0.2) is 54.5 Å². The molecule has 18 heavy (non-hydrogen) atoms. The minimum absolute atomic E-state index is 0.150. The standard InChI is InChI=1S/C13H21N5/c1-13(11-4-6-15-7-5-11)10-16-12(14)18(13)9-8-17(2)3/h4-7H,8-10H2,1-3H3,(H2,14,16). The zero-order chi connectivity index (χ0) is 13.2. The number of aliphatic imine (C=N–C) groups is 1. The Morgan fingerprint density at radius 1 is 1.39 bits per heavy atom. The van der Waals surface area contributed by atoms with E-state index < -0.39 is 0 Å². The van der Waals surface area contributed by atoms with Crippen LogP contribution in [0.1, 0.15) is 12.5 Å². The fraction of sp³-hybridized carbons (Fsp3) is 0.538. The number of aromatic nitrogens is 1. The molecule has 1 atom stereocenters. The molecular formula is C13H21N5. The lowest BCUT2D eigenvalue weighted by Gasteiger charge is -2.37. The van der Waals surface area contributed by atoms with Gasteiger partial charge in [-0.2, -0.15) is 0 Å². The molecule has 5 nitrogen and oxygen atoms in total. The summed E-state index contributed by atoms with van der Waals surface area (Å²) < 4.78 is 0. The van der Waals surface area contributed by atoms with Crippen molar-refractivity contribution in [1.29, 1.82) is 0 Å².